The van der Waals surface area contributed by atoms with Crippen LogP contribution in [-0.2, 0) is 22.5 Å². The van der Waals surface area contributed by atoms with E-state index in [0.29, 0.717) is 34.9 Å². The van der Waals surface area contributed by atoms with Crippen molar-refractivity contribution >= 4 is 17.6 Å². The first-order valence-corrected chi connectivity index (χ1v) is 9.87. The lowest BCUT2D eigenvalue weighted by atomic mass is 10.2. The number of nitrogens with one attached hydrogen (secondary N) is 1. The van der Waals surface area contributed by atoms with E-state index in [2.05, 4.69) is 20.1 Å². The molecule has 0 atom stereocenters. The van der Waals surface area contributed by atoms with Gasteiger partial charge in [-0.05, 0) is 57.5 Å². The molecule has 1 aromatic carbocycles. The summed E-state index contributed by atoms with van der Waals surface area (Å²) < 4.78 is 7.58. The fourth-order valence-corrected chi connectivity index (χ4v) is 3.38. The number of aromatic nitrogens is 4. The van der Waals surface area contributed by atoms with Gasteiger partial charge in [-0.2, -0.15) is 5.10 Å². The molecule has 1 amide bonds. The van der Waals surface area contributed by atoms with Crippen LogP contribution in [0.4, 0.5) is 5.69 Å². The summed E-state index contributed by atoms with van der Waals surface area (Å²) in [4.78, 5) is 42.0. The van der Waals surface area contributed by atoms with E-state index in [4.69, 9.17) is 0 Å². The van der Waals surface area contributed by atoms with Crippen LogP contribution in [0.3, 0.4) is 0 Å². The van der Waals surface area contributed by atoms with Crippen molar-refractivity contribution in [2.75, 3.05) is 12.4 Å². The molecule has 0 aliphatic carbocycles. The summed E-state index contributed by atoms with van der Waals surface area (Å²) in [7, 11) is 1.30. The van der Waals surface area contributed by atoms with Crippen LogP contribution in [0.25, 0.3) is 5.95 Å². The number of nitrogens with zero attached hydrogens (tertiary/aromatic N) is 4. The van der Waals surface area contributed by atoms with Crippen molar-refractivity contribution in [1.29, 1.82) is 0 Å². The van der Waals surface area contributed by atoms with E-state index in [1.165, 1.54) is 11.7 Å². The molecule has 0 saturated carbocycles. The van der Waals surface area contributed by atoms with E-state index in [9.17, 15) is 14.4 Å². The fraction of sp³-hybridized carbons (Fsp3) is 0.318. The molecule has 0 aliphatic rings. The van der Waals surface area contributed by atoms with Crippen molar-refractivity contribution in [3.05, 3.63) is 68.9 Å². The molecule has 1 N–H and O–H groups in total. The summed E-state index contributed by atoms with van der Waals surface area (Å²) in [6.07, 6.45) is 0.506. The monoisotopic (exact) mass is 423 g/mol. The normalized spacial score (nSPS) is 10.7. The third kappa shape index (κ3) is 4.55. The Morgan fingerprint density at radius 2 is 1.81 bits per heavy atom. The smallest absolute Gasteiger partial charge is 0.337 e. The summed E-state index contributed by atoms with van der Waals surface area (Å²) in [5.41, 5.74) is 3.36. The van der Waals surface area contributed by atoms with Crippen LogP contribution in [0.15, 0.2) is 35.1 Å². The van der Waals surface area contributed by atoms with Crippen molar-refractivity contribution in [2.24, 2.45) is 0 Å². The maximum Gasteiger partial charge on any atom is 0.337 e. The van der Waals surface area contributed by atoms with Crippen LogP contribution in [0.1, 0.15) is 39.9 Å². The molecule has 0 unspecified atom stereocenters. The quantitative estimate of drug-likeness (QED) is 0.610. The number of anilines is 1. The largest absolute Gasteiger partial charge is 0.465 e. The zero-order valence-corrected chi connectivity index (χ0v) is 18.2. The molecule has 0 spiro atoms. The van der Waals surface area contributed by atoms with Gasteiger partial charge in [-0.1, -0.05) is 6.92 Å². The maximum absolute atomic E-state index is 13.1. The van der Waals surface area contributed by atoms with E-state index in [-0.39, 0.29) is 12.1 Å². The minimum Gasteiger partial charge on any atom is -0.465 e. The first-order chi connectivity index (χ1) is 14.7. The minimum absolute atomic E-state index is 0.231. The van der Waals surface area contributed by atoms with E-state index in [1.54, 1.807) is 35.9 Å². The van der Waals surface area contributed by atoms with Crippen molar-refractivity contribution in [1.82, 2.24) is 19.3 Å². The second-order valence-electron chi connectivity index (χ2n) is 7.18. The highest BCUT2D eigenvalue weighted by Crippen LogP contribution is 2.13. The molecule has 3 rings (SSSR count). The van der Waals surface area contributed by atoms with Gasteiger partial charge in [-0.3, -0.25) is 14.2 Å². The molecular weight excluding hydrogens is 398 g/mol. The number of carbonyl (C=O) groups is 2. The summed E-state index contributed by atoms with van der Waals surface area (Å²) in [5, 5.41) is 7.17. The highest BCUT2D eigenvalue weighted by molar-refractivity contribution is 5.93. The highest BCUT2D eigenvalue weighted by atomic mass is 16.5. The number of ether oxygens (including phenoxy) is 1. The first kappa shape index (κ1) is 21.9. The Balaban J connectivity index is 1.94. The van der Waals surface area contributed by atoms with E-state index in [0.717, 1.165) is 11.4 Å². The number of benzene rings is 1. The van der Waals surface area contributed by atoms with Crippen LogP contribution in [0.5, 0.6) is 0 Å². The number of carbonyl (C=O) groups excluding carboxylic acids is 2. The van der Waals surface area contributed by atoms with Gasteiger partial charge in [0.2, 0.25) is 11.9 Å². The first-order valence-electron chi connectivity index (χ1n) is 9.87. The van der Waals surface area contributed by atoms with Crippen LogP contribution in [-0.4, -0.2) is 38.3 Å². The van der Waals surface area contributed by atoms with Gasteiger partial charge >= 0.3 is 5.97 Å². The van der Waals surface area contributed by atoms with Gasteiger partial charge in [-0.15, -0.1) is 0 Å². The Labute approximate surface area is 179 Å². The lowest BCUT2D eigenvalue weighted by Gasteiger charge is -2.16. The number of aryl methyl sites for hydroxylation is 3. The van der Waals surface area contributed by atoms with Gasteiger partial charge in [0.05, 0.1) is 24.1 Å². The van der Waals surface area contributed by atoms with Gasteiger partial charge in [-0.25, -0.2) is 14.5 Å². The second-order valence-corrected chi connectivity index (χ2v) is 7.18. The van der Waals surface area contributed by atoms with Crippen molar-refractivity contribution in [3.63, 3.8) is 0 Å². The summed E-state index contributed by atoms with van der Waals surface area (Å²) >= 11 is 0. The lowest BCUT2D eigenvalue weighted by Crippen LogP contribution is -2.34. The third-order valence-electron chi connectivity index (χ3n) is 4.89. The minimum atomic E-state index is -0.461. The predicted octanol–water partition coefficient (Wildman–Crippen LogP) is 2.34. The molecule has 0 saturated heterocycles. The number of rotatable bonds is 6. The average molecular weight is 423 g/mol. The molecule has 9 nitrogen and oxygen atoms in total. The Morgan fingerprint density at radius 1 is 1.13 bits per heavy atom. The van der Waals surface area contributed by atoms with Gasteiger partial charge < -0.3 is 10.1 Å². The SMILES string of the molecule is CCc1c(C)nc(-n2nc(C)cc2C)n(CC(=O)Nc2ccc(C(=O)OC)cc2)c1=O. The average Bonchev–Trinajstić information content (AvgIpc) is 3.08. The standard InChI is InChI=1S/C22H25N5O4/c1-6-18-15(4)23-22(27-14(3)11-13(2)25-27)26(20(18)29)12-19(28)24-17-9-7-16(8-10-17)21(30)31-5/h7-11H,6,12H2,1-5H3,(H,24,28). The molecule has 2 heterocycles. The van der Waals surface area contributed by atoms with Crippen LogP contribution >= 0.6 is 0 Å². The summed E-state index contributed by atoms with van der Waals surface area (Å²) in [5.74, 6) is -0.568. The topological polar surface area (TPSA) is 108 Å². The molecule has 0 bridgehead atoms. The van der Waals surface area contributed by atoms with Crippen molar-refractivity contribution in [3.8, 4) is 5.95 Å². The van der Waals surface area contributed by atoms with Gasteiger partial charge in [0.15, 0.2) is 0 Å². The Bertz CT molecular complexity index is 1190. The third-order valence-corrected chi connectivity index (χ3v) is 4.89. The predicted molar refractivity (Wildman–Crippen MR) is 116 cm³/mol. The molecule has 0 aliphatic heterocycles. The lowest BCUT2D eigenvalue weighted by molar-refractivity contribution is -0.116. The Hall–Kier alpha value is -3.75. The second kappa shape index (κ2) is 8.95. The molecule has 162 valence electrons. The molecular formula is C22H25N5O4. The van der Waals surface area contributed by atoms with Gasteiger partial charge in [0, 0.05) is 16.9 Å². The Morgan fingerprint density at radius 3 is 2.35 bits per heavy atom. The van der Waals surface area contributed by atoms with Crippen molar-refractivity contribution < 1.29 is 14.3 Å². The highest BCUT2D eigenvalue weighted by Gasteiger charge is 2.19. The molecule has 3 aromatic rings. The van der Waals surface area contributed by atoms with Crippen molar-refractivity contribution in [2.45, 2.75) is 40.7 Å². The van der Waals surface area contributed by atoms with Crippen LogP contribution in [0.2, 0.25) is 0 Å². The van der Waals surface area contributed by atoms with Crippen LogP contribution < -0.4 is 10.9 Å². The van der Waals surface area contributed by atoms with Gasteiger partial charge in [0.25, 0.3) is 5.56 Å². The number of esters is 1. The van der Waals surface area contributed by atoms with E-state index < -0.39 is 11.9 Å². The molecule has 0 fully saturated rings. The number of methoxy groups -OCH3 is 1. The van der Waals surface area contributed by atoms with E-state index in [1.807, 2.05) is 26.8 Å². The molecule has 31 heavy (non-hydrogen) atoms. The fourth-order valence-electron chi connectivity index (χ4n) is 3.38. The zero-order valence-electron chi connectivity index (χ0n) is 18.2. The van der Waals surface area contributed by atoms with Gasteiger partial charge in [0.1, 0.15) is 6.54 Å². The number of hydrogen-bond acceptors (Lipinski definition) is 6. The van der Waals surface area contributed by atoms with Crippen LogP contribution in [0, 0.1) is 20.8 Å². The molecule has 0 radical (unpaired) electrons. The Kier molecular flexibility index (Phi) is 6.33. The zero-order chi connectivity index (χ0) is 22.7. The summed E-state index contributed by atoms with van der Waals surface area (Å²) in [6.45, 7) is 7.14. The summed E-state index contributed by atoms with van der Waals surface area (Å²) in [6, 6.07) is 8.18. The number of amides is 1. The number of hydrogen-bond donors (Lipinski definition) is 1. The maximum atomic E-state index is 13.1. The van der Waals surface area contributed by atoms with E-state index >= 15 is 0 Å². The molecule has 9 heteroatoms. The molecule has 2 aromatic heterocycles.